The van der Waals surface area contributed by atoms with Crippen LogP contribution in [0.2, 0.25) is 0 Å². The topological polar surface area (TPSA) is 82.3 Å². The molecule has 9 heteroatoms. The van der Waals surface area contributed by atoms with Gasteiger partial charge in [0.2, 0.25) is 15.0 Å². The van der Waals surface area contributed by atoms with Crippen LogP contribution in [0.1, 0.15) is 36.9 Å². The largest absolute Gasteiger partial charge is 0.376 e. The summed E-state index contributed by atoms with van der Waals surface area (Å²) in [6.45, 7) is 2.66. The molecule has 1 unspecified atom stereocenters. The van der Waals surface area contributed by atoms with E-state index in [1.807, 2.05) is 31.1 Å². The van der Waals surface area contributed by atoms with Gasteiger partial charge in [0.15, 0.2) is 0 Å². The number of hydrogen-bond donors (Lipinski definition) is 0. The maximum atomic E-state index is 12.9. The Balaban J connectivity index is 1.54. The lowest BCUT2D eigenvalue weighted by molar-refractivity contribution is 0.0934. The number of hydrogen-bond acceptors (Lipinski definition) is 6. The van der Waals surface area contributed by atoms with Gasteiger partial charge in [-0.05, 0) is 38.6 Å². The fourth-order valence-corrected chi connectivity index (χ4v) is 5.66. The second kappa shape index (κ2) is 7.96. The van der Waals surface area contributed by atoms with Crippen molar-refractivity contribution in [2.45, 2.75) is 56.6 Å². The summed E-state index contributed by atoms with van der Waals surface area (Å²) in [5.41, 5.74) is 2.04. The van der Waals surface area contributed by atoms with E-state index in [1.54, 1.807) is 10.9 Å². The molecule has 0 radical (unpaired) electrons. The zero-order valence-corrected chi connectivity index (χ0v) is 17.4. The van der Waals surface area contributed by atoms with Gasteiger partial charge < -0.3 is 9.30 Å². The van der Waals surface area contributed by atoms with Crippen LogP contribution in [0.15, 0.2) is 23.7 Å². The fraction of sp³-hybridized carbons (Fsp3) is 0.684. The lowest BCUT2D eigenvalue weighted by atomic mass is 10.2. The molecule has 1 atom stereocenters. The molecule has 3 heterocycles. The number of sulfone groups is 1. The molecule has 28 heavy (non-hydrogen) atoms. The van der Waals surface area contributed by atoms with Crippen molar-refractivity contribution in [3.8, 4) is 0 Å². The molecule has 0 bridgehead atoms. The van der Waals surface area contributed by atoms with Crippen LogP contribution in [0.4, 0.5) is 0 Å². The van der Waals surface area contributed by atoms with E-state index in [0.29, 0.717) is 19.0 Å². The van der Waals surface area contributed by atoms with Gasteiger partial charge >= 0.3 is 0 Å². The van der Waals surface area contributed by atoms with Crippen LogP contribution in [0.5, 0.6) is 0 Å². The monoisotopic (exact) mass is 407 g/mol. The Morgan fingerprint density at radius 2 is 2.07 bits per heavy atom. The minimum absolute atomic E-state index is 0.0615. The van der Waals surface area contributed by atoms with E-state index in [0.717, 1.165) is 50.1 Å². The van der Waals surface area contributed by atoms with E-state index in [-0.39, 0.29) is 17.0 Å². The third-order valence-corrected chi connectivity index (χ3v) is 7.18. The van der Waals surface area contributed by atoms with Gasteiger partial charge in [-0.25, -0.2) is 13.4 Å². The van der Waals surface area contributed by atoms with E-state index >= 15 is 0 Å². The highest BCUT2D eigenvalue weighted by Crippen LogP contribution is 2.32. The molecule has 2 aliphatic rings. The second-order valence-corrected chi connectivity index (χ2v) is 10.1. The molecule has 2 aromatic rings. The summed E-state index contributed by atoms with van der Waals surface area (Å²) < 4.78 is 35.3. The van der Waals surface area contributed by atoms with Crippen molar-refractivity contribution in [1.82, 2.24) is 24.2 Å². The maximum absolute atomic E-state index is 12.9. The minimum atomic E-state index is -3.38. The van der Waals surface area contributed by atoms with Crippen LogP contribution >= 0.6 is 0 Å². The van der Waals surface area contributed by atoms with E-state index in [1.165, 1.54) is 0 Å². The Morgan fingerprint density at radius 1 is 1.25 bits per heavy atom. The lowest BCUT2D eigenvalue weighted by Gasteiger charge is -2.20. The Labute approximate surface area is 166 Å². The molecule has 1 saturated carbocycles. The second-order valence-electron chi connectivity index (χ2n) is 8.20. The highest BCUT2D eigenvalue weighted by Gasteiger charge is 2.33. The third kappa shape index (κ3) is 4.64. The van der Waals surface area contributed by atoms with Crippen molar-refractivity contribution in [3.05, 3.63) is 29.8 Å². The van der Waals surface area contributed by atoms with Crippen molar-refractivity contribution in [3.63, 3.8) is 0 Å². The molecule has 4 rings (SSSR count). The first-order valence-corrected chi connectivity index (χ1v) is 11.6. The number of ether oxygens (including phenoxy) is 1. The summed E-state index contributed by atoms with van der Waals surface area (Å²) in [4.78, 5) is 6.50. The molecular formula is C19H29N5O3S. The fourth-order valence-electron chi connectivity index (χ4n) is 3.82. The van der Waals surface area contributed by atoms with Gasteiger partial charge in [0.1, 0.15) is 0 Å². The summed E-state index contributed by atoms with van der Waals surface area (Å²) in [5.74, 6) is 0.509. The molecule has 2 fully saturated rings. The Morgan fingerprint density at radius 3 is 2.71 bits per heavy atom. The number of nitrogens with zero attached hydrogens (tertiary/aromatic N) is 5. The van der Waals surface area contributed by atoms with Gasteiger partial charge in [-0.2, -0.15) is 5.10 Å². The van der Waals surface area contributed by atoms with Gasteiger partial charge in [-0.3, -0.25) is 9.58 Å². The smallest absolute Gasteiger partial charge is 0.227 e. The minimum Gasteiger partial charge on any atom is -0.376 e. The first-order chi connectivity index (χ1) is 13.4. The quantitative estimate of drug-likeness (QED) is 0.628. The van der Waals surface area contributed by atoms with E-state index < -0.39 is 9.84 Å². The Hall–Kier alpha value is -1.71. The zero-order chi connectivity index (χ0) is 19.7. The molecule has 2 aromatic heterocycles. The summed E-state index contributed by atoms with van der Waals surface area (Å²) >= 11 is 0. The van der Waals surface area contributed by atoms with E-state index in [4.69, 9.17) is 4.74 Å². The average molecular weight is 408 g/mol. The van der Waals surface area contributed by atoms with E-state index in [2.05, 4.69) is 15.0 Å². The molecular weight excluding hydrogens is 378 g/mol. The van der Waals surface area contributed by atoms with Crippen LogP contribution in [0.25, 0.3) is 0 Å². The van der Waals surface area contributed by atoms with Gasteiger partial charge in [0, 0.05) is 38.5 Å². The van der Waals surface area contributed by atoms with Gasteiger partial charge in [-0.15, -0.1) is 0 Å². The van der Waals surface area contributed by atoms with Crippen molar-refractivity contribution in [2.24, 2.45) is 13.0 Å². The number of aryl methyl sites for hydroxylation is 1. The lowest BCUT2D eigenvalue weighted by Crippen LogP contribution is -2.25. The molecule has 154 valence electrons. The average Bonchev–Trinajstić information content (AvgIpc) is 3.01. The van der Waals surface area contributed by atoms with Crippen molar-refractivity contribution in [2.75, 3.05) is 19.4 Å². The number of aromatic nitrogens is 4. The first kappa shape index (κ1) is 19.6. The normalized spacial score (nSPS) is 20.3. The Kier molecular flexibility index (Phi) is 5.57. The van der Waals surface area contributed by atoms with E-state index in [9.17, 15) is 8.42 Å². The zero-order valence-electron chi connectivity index (χ0n) is 16.6. The predicted molar refractivity (Wildman–Crippen MR) is 104 cm³/mol. The Bertz CT molecular complexity index is 910. The van der Waals surface area contributed by atoms with Crippen molar-refractivity contribution < 1.29 is 13.2 Å². The molecule has 0 spiro atoms. The van der Waals surface area contributed by atoms with Crippen LogP contribution < -0.4 is 0 Å². The van der Waals surface area contributed by atoms with Crippen molar-refractivity contribution in [1.29, 1.82) is 0 Å². The molecule has 8 nitrogen and oxygen atoms in total. The van der Waals surface area contributed by atoms with Gasteiger partial charge in [0.25, 0.3) is 0 Å². The van der Waals surface area contributed by atoms with Crippen LogP contribution in [-0.2, 0) is 41.3 Å². The molecule has 0 N–H and O–H groups in total. The maximum Gasteiger partial charge on any atom is 0.227 e. The molecule has 1 saturated heterocycles. The molecule has 1 aliphatic heterocycles. The van der Waals surface area contributed by atoms with Gasteiger partial charge in [-0.1, -0.05) is 0 Å². The number of imidazole rings is 1. The van der Waals surface area contributed by atoms with Gasteiger partial charge in [0.05, 0.1) is 36.5 Å². The summed E-state index contributed by atoms with van der Waals surface area (Å²) in [6.07, 6.45) is 9.63. The predicted octanol–water partition coefficient (Wildman–Crippen LogP) is 1.61. The van der Waals surface area contributed by atoms with Crippen LogP contribution in [-0.4, -0.2) is 58.2 Å². The number of rotatable bonds is 9. The first-order valence-electron chi connectivity index (χ1n) is 9.95. The third-order valence-electron chi connectivity index (χ3n) is 5.38. The summed E-state index contributed by atoms with van der Waals surface area (Å²) in [7, 11) is 0.547. The SMILES string of the molecule is CN(Cc1cnn(C)c1)Cc1cnc(S(=O)(=O)CC2CC2)n1CC1CCCO1. The molecule has 0 amide bonds. The van der Waals surface area contributed by atoms with Crippen LogP contribution in [0, 0.1) is 5.92 Å². The standard InChI is InChI=1S/C19H29N5O3S/c1-22(10-16-8-21-23(2)11-16)12-17-9-20-19(28(25,26)14-15-5-6-15)24(17)13-18-4-3-7-27-18/h8-9,11,15,18H,3-7,10,12-14H2,1-2H3. The molecule has 1 aliphatic carbocycles. The molecule has 0 aromatic carbocycles. The summed E-state index contributed by atoms with van der Waals surface area (Å²) in [5, 5.41) is 4.42. The van der Waals surface area contributed by atoms with Crippen LogP contribution in [0.3, 0.4) is 0 Å². The van der Waals surface area contributed by atoms with Crippen molar-refractivity contribution >= 4 is 9.84 Å². The highest BCUT2D eigenvalue weighted by atomic mass is 32.2. The highest BCUT2D eigenvalue weighted by molar-refractivity contribution is 7.91. The summed E-state index contributed by atoms with van der Waals surface area (Å²) in [6, 6.07) is 0.